The van der Waals surface area contributed by atoms with Crippen LogP contribution in [0.4, 0.5) is 0 Å². The Kier molecular flexibility index (Phi) is 3.63. The Morgan fingerprint density at radius 3 is 2.92 bits per heavy atom. The first-order valence-electron chi connectivity index (χ1n) is 3.77. The number of halogens is 1. The zero-order valence-corrected chi connectivity index (χ0v) is 8.78. The van der Waals surface area contributed by atoms with E-state index in [2.05, 4.69) is 0 Å². The molecule has 70 valence electrons. The summed E-state index contributed by atoms with van der Waals surface area (Å²) in [5, 5.41) is 0.678. The Morgan fingerprint density at radius 2 is 2.31 bits per heavy atom. The van der Waals surface area contributed by atoms with Crippen molar-refractivity contribution in [3.63, 3.8) is 0 Å². The molecule has 0 aliphatic carbocycles. The monoisotopic (exact) mass is 215 g/mol. The molecule has 0 spiro atoms. The topological polar surface area (TPSA) is 43.1 Å². The molecule has 0 unspecified atom stereocenters. The molecule has 1 aromatic carbocycles. The van der Waals surface area contributed by atoms with Gasteiger partial charge in [-0.3, -0.25) is 4.79 Å². The van der Waals surface area contributed by atoms with Crippen molar-refractivity contribution < 1.29 is 4.79 Å². The van der Waals surface area contributed by atoms with Gasteiger partial charge in [0.2, 0.25) is 5.91 Å². The van der Waals surface area contributed by atoms with Gasteiger partial charge in [-0.25, -0.2) is 0 Å². The fourth-order valence-electron chi connectivity index (χ4n) is 0.878. The molecule has 0 aromatic heterocycles. The van der Waals surface area contributed by atoms with Gasteiger partial charge in [0.05, 0.1) is 5.75 Å². The summed E-state index contributed by atoms with van der Waals surface area (Å²) in [6.45, 7) is 1.97. The maximum absolute atomic E-state index is 10.5. The van der Waals surface area contributed by atoms with Gasteiger partial charge in [-0.05, 0) is 24.6 Å². The van der Waals surface area contributed by atoms with Crippen LogP contribution in [0.5, 0.6) is 0 Å². The lowest BCUT2D eigenvalue weighted by Crippen LogP contribution is -2.13. The van der Waals surface area contributed by atoms with E-state index in [4.69, 9.17) is 17.3 Å². The first-order chi connectivity index (χ1) is 6.09. The number of thioether (sulfide) groups is 1. The molecule has 13 heavy (non-hydrogen) atoms. The smallest absolute Gasteiger partial charge is 0.227 e. The lowest BCUT2D eigenvalue weighted by Gasteiger charge is -2.03. The second-order valence-corrected chi connectivity index (χ2v) is 4.12. The highest BCUT2D eigenvalue weighted by Gasteiger charge is 2.02. The summed E-state index contributed by atoms with van der Waals surface area (Å²) < 4.78 is 0. The summed E-state index contributed by atoms with van der Waals surface area (Å²) in [4.78, 5) is 11.5. The molecular weight excluding hydrogens is 206 g/mol. The van der Waals surface area contributed by atoms with Crippen molar-refractivity contribution in [2.75, 3.05) is 5.75 Å². The van der Waals surface area contributed by atoms with Crippen molar-refractivity contribution in [3.05, 3.63) is 28.8 Å². The Bertz CT molecular complexity index is 327. The molecule has 1 rings (SSSR count). The summed E-state index contributed by atoms with van der Waals surface area (Å²) in [7, 11) is 0. The van der Waals surface area contributed by atoms with Crippen LogP contribution in [0, 0.1) is 6.92 Å². The zero-order valence-electron chi connectivity index (χ0n) is 7.21. The zero-order chi connectivity index (χ0) is 9.84. The predicted octanol–water partition coefficient (Wildman–Crippen LogP) is 2.23. The lowest BCUT2D eigenvalue weighted by atomic mass is 10.2. The van der Waals surface area contributed by atoms with Crippen molar-refractivity contribution in [3.8, 4) is 0 Å². The molecule has 1 aromatic rings. The molecule has 1 amide bonds. The molecule has 2 nitrogen and oxygen atoms in total. The Labute approximate surface area is 86.5 Å². The molecular formula is C9H10ClNOS. The quantitative estimate of drug-likeness (QED) is 0.786. The second kappa shape index (κ2) is 4.53. The molecule has 0 aliphatic heterocycles. The Hall–Kier alpha value is -0.670. The highest BCUT2D eigenvalue weighted by atomic mass is 35.5. The molecule has 0 atom stereocenters. The number of carbonyl (C=O) groups is 1. The average molecular weight is 216 g/mol. The van der Waals surface area contributed by atoms with Gasteiger partial charge in [-0.15, -0.1) is 11.8 Å². The minimum Gasteiger partial charge on any atom is -0.369 e. The normalized spacial score (nSPS) is 10.0. The van der Waals surface area contributed by atoms with Crippen LogP contribution in [-0.4, -0.2) is 11.7 Å². The number of primary amides is 1. The standard InChI is InChI=1S/C9H10ClNOS/c1-6-2-3-7(10)4-8(6)13-5-9(11)12/h2-4H,5H2,1H3,(H2,11,12). The number of hydrogen-bond donors (Lipinski definition) is 1. The maximum Gasteiger partial charge on any atom is 0.227 e. The van der Waals surface area contributed by atoms with E-state index in [0.29, 0.717) is 10.8 Å². The van der Waals surface area contributed by atoms with Crippen molar-refractivity contribution >= 4 is 29.3 Å². The van der Waals surface area contributed by atoms with Crippen LogP contribution < -0.4 is 5.73 Å². The number of benzene rings is 1. The Morgan fingerprint density at radius 1 is 1.62 bits per heavy atom. The third-order valence-electron chi connectivity index (χ3n) is 1.52. The average Bonchev–Trinajstić information content (AvgIpc) is 2.06. The van der Waals surface area contributed by atoms with Crippen molar-refractivity contribution in [2.45, 2.75) is 11.8 Å². The molecule has 0 bridgehead atoms. The SMILES string of the molecule is Cc1ccc(Cl)cc1SCC(N)=O. The van der Waals surface area contributed by atoms with Gasteiger partial charge >= 0.3 is 0 Å². The summed E-state index contributed by atoms with van der Waals surface area (Å²) >= 11 is 7.21. The van der Waals surface area contributed by atoms with Gasteiger partial charge in [0, 0.05) is 9.92 Å². The van der Waals surface area contributed by atoms with E-state index >= 15 is 0 Å². The first kappa shape index (κ1) is 10.4. The molecule has 0 aliphatic rings. The first-order valence-corrected chi connectivity index (χ1v) is 5.13. The number of carbonyl (C=O) groups excluding carboxylic acids is 1. The van der Waals surface area contributed by atoms with Gasteiger partial charge in [0.15, 0.2) is 0 Å². The van der Waals surface area contributed by atoms with Crippen LogP contribution in [0.15, 0.2) is 23.1 Å². The fourth-order valence-corrected chi connectivity index (χ4v) is 1.92. The van der Waals surface area contributed by atoms with E-state index in [1.807, 2.05) is 25.1 Å². The number of amides is 1. The van der Waals surface area contributed by atoms with Crippen molar-refractivity contribution in [1.29, 1.82) is 0 Å². The van der Waals surface area contributed by atoms with Crippen LogP contribution in [0.1, 0.15) is 5.56 Å². The summed E-state index contributed by atoms with van der Waals surface area (Å²) in [6.07, 6.45) is 0. The third kappa shape index (κ3) is 3.28. The van der Waals surface area contributed by atoms with Gasteiger partial charge in [-0.2, -0.15) is 0 Å². The van der Waals surface area contributed by atoms with Gasteiger partial charge in [0.1, 0.15) is 0 Å². The third-order valence-corrected chi connectivity index (χ3v) is 2.93. The number of hydrogen-bond acceptors (Lipinski definition) is 2. The van der Waals surface area contributed by atoms with Crippen molar-refractivity contribution in [2.24, 2.45) is 5.73 Å². The van der Waals surface area contributed by atoms with Crippen LogP contribution in [0.25, 0.3) is 0 Å². The molecule has 0 fully saturated rings. The highest BCUT2D eigenvalue weighted by Crippen LogP contribution is 2.25. The summed E-state index contributed by atoms with van der Waals surface area (Å²) in [5.74, 6) is -0.0226. The molecule has 0 heterocycles. The summed E-state index contributed by atoms with van der Waals surface area (Å²) in [6, 6.07) is 5.58. The van der Waals surface area contributed by atoms with E-state index in [0.717, 1.165) is 10.5 Å². The van der Waals surface area contributed by atoms with Gasteiger partial charge < -0.3 is 5.73 Å². The van der Waals surface area contributed by atoms with Gasteiger partial charge in [0.25, 0.3) is 0 Å². The minimum atomic E-state index is -0.315. The van der Waals surface area contributed by atoms with E-state index in [1.54, 1.807) is 0 Å². The van der Waals surface area contributed by atoms with Crippen LogP contribution in [0.2, 0.25) is 5.02 Å². The highest BCUT2D eigenvalue weighted by molar-refractivity contribution is 8.00. The number of nitrogens with two attached hydrogens (primary N) is 1. The molecule has 4 heteroatoms. The molecule has 2 N–H and O–H groups in total. The van der Waals surface area contributed by atoms with Gasteiger partial charge in [-0.1, -0.05) is 17.7 Å². The van der Waals surface area contributed by atoms with E-state index in [1.165, 1.54) is 11.8 Å². The second-order valence-electron chi connectivity index (χ2n) is 2.66. The minimum absolute atomic E-state index is 0.293. The van der Waals surface area contributed by atoms with Crippen molar-refractivity contribution in [1.82, 2.24) is 0 Å². The predicted molar refractivity (Wildman–Crippen MR) is 56.1 cm³/mol. The van der Waals surface area contributed by atoms with Crippen LogP contribution in [0.3, 0.4) is 0 Å². The summed E-state index contributed by atoms with van der Waals surface area (Å²) in [5.41, 5.74) is 6.14. The molecule has 0 radical (unpaired) electrons. The van der Waals surface area contributed by atoms with Crippen LogP contribution in [-0.2, 0) is 4.79 Å². The molecule has 0 saturated heterocycles. The Balaban J connectivity index is 2.75. The fraction of sp³-hybridized carbons (Fsp3) is 0.222. The lowest BCUT2D eigenvalue weighted by molar-refractivity contribution is -0.115. The van der Waals surface area contributed by atoms with E-state index in [-0.39, 0.29) is 5.91 Å². The number of rotatable bonds is 3. The largest absolute Gasteiger partial charge is 0.369 e. The maximum atomic E-state index is 10.5. The van der Waals surface area contributed by atoms with Crippen LogP contribution >= 0.6 is 23.4 Å². The molecule has 0 saturated carbocycles. The van der Waals surface area contributed by atoms with E-state index in [9.17, 15) is 4.79 Å². The van der Waals surface area contributed by atoms with E-state index < -0.39 is 0 Å². The number of aryl methyl sites for hydroxylation is 1.